The normalized spacial score (nSPS) is 16.5. The molecule has 0 bridgehead atoms. The highest BCUT2D eigenvalue weighted by molar-refractivity contribution is 7.90. The number of hydrogen-bond donors (Lipinski definition) is 2. The zero-order valence-electron chi connectivity index (χ0n) is 12.0. The molecule has 0 saturated carbocycles. The molecule has 1 heterocycles. The number of rotatable bonds is 4. The number of carbonyl (C=O) groups excluding carboxylic acids is 1. The van der Waals surface area contributed by atoms with Gasteiger partial charge in [-0.3, -0.25) is 0 Å². The van der Waals surface area contributed by atoms with Gasteiger partial charge in [0.2, 0.25) is 5.71 Å². The van der Waals surface area contributed by atoms with Crippen LogP contribution in [0.4, 0.5) is 5.69 Å². The number of amidine groups is 1. The SMILES string of the molecule is CC(C)COC(=O)/C(=N/O)C1=NS(=O)(=O)c2ccccc2N1. The standard InChI is InChI=1S/C13H15N3O5S/c1-8(2)7-21-13(17)11(15-18)12-14-9-5-3-4-6-10(9)22(19,20)16-12/h3-6,8,18H,7H2,1-2H3,(H,14,16)/b15-11+. The predicted octanol–water partition coefficient (Wildman–Crippen LogP) is 1.23. The Morgan fingerprint density at radius 2 is 2.09 bits per heavy atom. The van der Waals surface area contributed by atoms with Gasteiger partial charge in [0.15, 0.2) is 5.84 Å². The average Bonchev–Trinajstić information content (AvgIpc) is 2.45. The molecule has 1 aliphatic rings. The lowest BCUT2D eigenvalue weighted by Gasteiger charge is -2.18. The maximum atomic E-state index is 12.1. The molecule has 0 spiro atoms. The molecule has 9 heteroatoms. The van der Waals surface area contributed by atoms with Crippen molar-refractivity contribution in [2.75, 3.05) is 11.9 Å². The summed E-state index contributed by atoms with van der Waals surface area (Å²) >= 11 is 0. The van der Waals surface area contributed by atoms with Gasteiger partial charge in [-0.2, -0.15) is 8.42 Å². The third kappa shape index (κ3) is 3.25. The Bertz CT molecular complexity index is 753. The van der Waals surface area contributed by atoms with Gasteiger partial charge in [0.05, 0.1) is 12.3 Å². The number of carbonyl (C=O) groups is 1. The molecular weight excluding hydrogens is 310 g/mol. The number of oxime groups is 1. The number of anilines is 1. The maximum absolute atomic E-state index is 12.1. The van der Waals surface area contributed by atoms with E-state index in [1.54, 1.807) is 12.1 Å². The summed E-state index contributed by atoms with van der Waals surface area (Å²) in [5, 5.41) is 14.5. The molecule has 0 amide bonds. The minimum absolute atomic E-state index is 0.0217. The topological polar surface area (TPSA) is 117 Å². The van der Waals surface area contributed by atoms with Crippen LogP contribution in [-0.4, -0.2) is 37.7 Å². The summed E-state index contributed by atoms with van der Waals surface area (Å²) in [6.45, 7) is 3.77. The van der Waals surface area contributed by atoms with Crippen molar-refractivity contribution in [2.45, 2.75) is 18.7 Å². The molecule has 0 saturated heterocycles. The Morgan fingerprint density at radius 1 is 1.41 bits per heavy atom. The Kier molecular flexibility index (Phi) is 4.45. The molecule has 0 radical (unpaired) electrons. The first-order valence-electron chi connectivity index (χ1n) is 6.45. The van der Waals surface area contributed by atoms with Gasteiger partial charge < -0.3 is 15.3 Å². The molecule has 1 aromatic rings. The number of fused-ring (bicyclic) bond motifs is 1. The van der Waals surface area contributed by atoms with Crippen LogP contribution in [0.5, 0.6) is 0 Å². The van der Waals surface area contributed by atoms with Crippen LogP contribution in [-0.2, 0) is 19.6 Å². The van der Waals surface area contributed by atoms with Gasteiger partial charge >= 0.3 is 5.97 Å². The van der Waals surface area contributed by atoms with Crippen LogP contribution >= 0.6 is 0 Å². The first-order chi connectivity index (χ1) is 10.3. The monoisotopic (exact) mass is 325 g/mol. The predicted molar refractivity (Wildman–Crippen MR) is 79.7 cm³/mol. The first kappa shape index (κ1) is 16.0. The van der Waals surface area contributed by atoms with E-state index in [-0.39, 0.29) is 28.9 Å². The van der Waals surface area contributed by atoms with Gasteiger partial charge in [-0.15, -0.1) is 4.40 Å². The molecule has 0 aliphatic carbocycles. The van der Waals surface area contributed by atoms with Gasteiger partial charge in [-0.05, 0) is 18.1 Å². The van der Waals surface area contributed by atoms with E-state index in [1.165, 1.54) is 12.1 Å². The summed E-state index contributed by atoms with van der Waals surface area (Å²) in [6.07, 6.45) is 0. The molecule has 22 heavy (non-hydrogen) atoms. The number of hydrogen-bond acceptors (Lipinski definition) is 7. The third-order valence-electron chi connectivity index (χ3n) is 2.69. The van der Waals surface area contributed by atoms with Crippen molar-refractivity contribution in [1.29, 1.82) is 0 Å². The highest BCUT2D eigenvalue weighted by Gasteiger charge is 2.30. The summed E-state index contributed by atoms with van der Waals surface area (Å²) in [7, 11) is -3.99. The Morgan fingerprint density at radius 3 is 2.73 bits per heavy atom. The van der Waals surface area contributed by atoms with E-state index in [0.717, 1.165) is 0 Å². The van der Waals surface area contributed by atoms with E-state index in [4.69, 9.17) is 9.94 Å². The highest BCUT2D eigenvalue weighted by Crippen LogP contribution is 2.26. The number of benzene rings is 1. The number of sulfonamides is 1. The number of nitrogens with one attached hydrogen (secondary N) is 1. The van der Waals surface area contributed by atoms with E-state index in [2.05, 4.69) is 14.9 Å². The first-order valence-corrected chi connectivity index (χ1v) is 7.89. The summed E-state index contributed by atoms with van der Waals surface area (Å²) in [5.74, 6) is -1.26. The quantitative estimate of drug-likeness (QED) is 0.372. The lowest BCUT2D eigenvalue weighted by atomic mass is 10.2. The largest absolute Gasteiger partial charge is 0.461 e. The van der Waals surface area contributed by atoms with Crippen molar-refractivity contribution in [3.63, 3.8) is 0 Å². The Labute approximate surface area is 127 Å². The maximum Gasteiger partial charge on any atom is 0.364 e. The van der Waals surface area contributed by atoms with Crippen LogP contribution in [0, 0.1) is 5.92 Å². The van der Waals surface area contributed by atoms with E-state index < -0.39 is 21.7 Å². The molecule has 2 N–H and O–H groups in total. The Balaban J connectivity index is 2.33. The molecule has 0 fully saturated rings. The average molecular weight is 325 g/mol. The molecule has 1 aliphatic heterocycles. The summed E-state index contributed by atoms with van der Waals surface area (Å²) in [4.78, 5) is 11.9. The Hall–Kier alpha value is -2.42. The molecule has 1 aromatic carbocycles. The lowest BCUT2D eigenvalue weighted by Crippen LogP contribution is -2.35. The molecule has 118 valence electrons. The molecule has 0 aromatic heterocycles. The van der Waals surface area contributed by atoms with Gasteiger partial charge in [-0.25, -0.2) is 4.79 Å². The number of nitrogens with zero attached hydrogens (tertiary/aromatic N) is 2. The van der Waals surface area contributed by atoms with Gasteiger partial charge in [-0.1, -0.05) is 31.1 Å². The van der Waals surface area contributed by atoms with Crippen LogP contribution in [0.1, 0.15) is 13.8 Å². The van der Waals surface area contributed by atoms with Crippen LogP contribution in [0.3, 0.4) is 0 Å². The summed E-state index contributed by atoms with van der Waals surface area (Å²) in [5.41, 5.74) is -0.357. The molecule has 0 atom stereocenters. The van der Waals surface area contributed by atoms with Gasteiger partial charge in [0.25, 0.3) is 10.0 Å². The fourth-order valence-electron chi connectivity index (χ4n) is 1.71. The second-order valence-electron chi connectivity index (χ2n) is 4.98. The van der Waals surface area contributed by atoms with E-state index in [9.17, 15) is 13.2 Å². The van der Waals surface area contributed by atoms with E-state index >= 15 is 0 Å². The van der Waals surface area contributed by atoms with Crippen LogP contribution in [0.15, 0.2) is 38.7 Å². The van der Waals surface area contributed by atoms with E-state index in [1.807, 2.05) is 13.8 Å². The molecule has 0 unspecified atom stereocenters. The van der Waals surface area contributed by atoms with Crippen molar-refractivity contribution in [1.82, 2.24) is 0 Å². The smallest absolute Gasteiger partial charge is 0.364 e. The van der Waals surface area contributed by atoms with Crippen LogP contribution in [0.25, 0.3) is 0 Å². The van der Waals surface area contributed by atoms with Crippen molar-refractivity contribution in [3.05, 3.63) is 24.3 Å². The zero-order chi connectivity index (χ0) is 16.3. The zero-order valence-corrected chi connectivity index (χ0v) is 12.8. The number of ether oxygens (including phenoxy) is 1. The minimum Gasteiger partial charge on any atom is -0.461 e. The van der Waals surface area contributed by atoms with E-state index in [0.29, 0.717) is 0 Å². The molecular formula is C13H15N3O5S. The van der Waals surface area contributed by atoms with Gasteiger partial charge in [0.1, 0.15) is 4.90 Å². The van der Waals surface area contributed by atoms with Crippen molar-refractivity contribution in [3.8, 4) is 0 Å². The number of para-hydroxylation sites is 1. The fourth-order valence-corrected chi connectivity index (χ4v) is 2.83. The van der Waals surface area contributed by atoms with Crippen LogP contribution < -0.4 is 5.32 Å². The molecule has 8 nitrogen and oxygen atoms in total. The van der Waals surface area contributed by atoms with Crippen molar-refractivity contribution >= 4 is 33.2 Å². The highest BCUT2D eigenvalue weighted by atomic mass is 32.2. The summed E-state index contributed by atoms with van der Waals surface area (Å²) in [6, 6.07) is 6.06. The van der Waals surface area contributed by atoms with Gasteiger partial charge in [0, 0.05) is 0 Å². The van der Waals surface area contributed by atoms with Crippen molar-refractivity contribution < 1.29 is 23.2 Å². The lowest BCUT2D eigenvalue weighted by molar-refractivity contribution is -0.136. The third-order valence-corrected chi connectivity index (χ3v) is 4.03. The second-order valence-corrected chi connectivity index (χ2v) is 6.55. The van der Waals surface area contributed by atoms with Crippen molar-refractivity contribution in [2.24, 2.45) is 15.5 Å². The fraction of sp³-hybridized carbons (Fsp3) is 0.308. The summed E-state index contributed by atoms with van der Waals surface area (Å²) < 4.78 is 32.5. The minimum atomic E-state index is -3.99. The van der Waals surface area contributed by atoms with Crippen LogP contribution in [0.2, 0.25) is 0 Å². The molecule has 2 rings (SSSR count). The second kappa shape index (κ2) is 6.14. The number of esters is 1.